The Balaban J connectivity index is 1.30. The van der Waals surface area contributed by atoms with Crippen LogP contribution in [0.3, 0.4) is 0 Å². The van der Waals surface area contributed by atoms with Crippen molar-refractivity contribution in [3.8, 4) is 0 Å². The van der Waals surface area contributed by atoms with Crippen LogP contribution in [0.25, 0.3) is 0 Å². The first-order valence-electron chi connectivity index (χ1n) is 9.58. The van der Waals surface area contributed by atoms with Crippen LogP contribution in [0.4, 0.5) is 11.6 Å². The molecule has 0 unspecified atom stereocenters. The van der Waals surface area contributed by atoms with Gasteiger partial charge in [0.2, 0.25) is 0 Å². The second-order valence-corrected chi connectivity index (χ2v) is 7.49. The van der Waals surface area contributed by atoms with Crippen LogP contribution in [0.5, 0.6) is 0 Å². The van der Waals surface area contributed by atoms with Gasteiger partial charge in [-0.1, -0.05) is 0 Å². The number of aryl methyl sites for hydroxylation is 1. The Labute approximate surface area is 154 Å². The van der Waals surface area contributed by atoms with Crippen molar-refractivity contribution in [1.29, 1.82) is 0 Å². The molecule has 2 aromatic rings. The maximum Gasteiger partial charge on any atom is 0.147 e. The summed E-state index contributed by atoms with van der Waals surface area (Å²) < 4.78 is 2.33. The van der Waals surface area contributed by atoms with E-state index in [1.54, 1.807) is 6.33 Å². The molecule has 1 saturated heterocycles. The molecule has 4 heterocycles. The number of anilines is 2. The number of aromatic nitrogens is 5. The number of nitrogens with one attached hydrogen (secondary N) is 1. The van der Waals surface area contributed by atoms with Gasteiger partial charge in [0.15, 0.2) is 0 Å². The Morgan fingerprint density at radius 1 is 1.12 bits per heavy atom. The molecule has 0 spiro atoms. The predicted molar refractivity (Wildman–Crippen MR) is 101 cm³/mol. The molecule has 1 N–H and O–H groups in total. The zero-order valence-corrected chi connectivity index (χ0v) is 15.7. The van der Waals surface area contributed by atoms with Gasteiger partial charge in [0.25, 0.3) is 0 Å². The molecule has 2 aliphatic rings. The summed E-state index contributed by atoms with van der Waals surface area (Å²) in [6.07, 6.45) is 7.42. The maximum atomic E-state index is 4.44. The molecule has 26 heavy (non-hydrogen) atoms. The van der Waals surface area contributed by atoms with Crippen LogP contribution in [-0.4, -0.2) is 62.9 Å². The average molecular weight is 356 g/mol. The van der Waals surface area contributed by atoms with E-state index in [-0.39, 0.29) is 0 Å². The molecule has 8 heteroatoms. The molecule has 4 rings (SSSR count). The molecule has 0 aliphatic carbocycles. The summed E-state index contributed by atoms with van der Waals surface area (Å²) in [5.74, 6) is 4.14. The van der Waals surface area contributed by atoms with Crippen LogP contribution in [0.1, 0.15) is 37.3 Å². The van der Waals surface area contributed by atoms with Crippen molar-refractivity contribution < 1.29 is 0 Å². The first-order valence-corrected chi connectivity index (χ1v) is 9.58. The Morgan fingerprint density at radius 2 is 1.96 bits per heavy atom. The van der Waals surface area contributed by atoms with Crippen molar-refractivity contribution >= 4 is 11.6 Å². The van der Waals surface area contributed by atoms with Gasteiger partial charge in [0.1, 0.15) is 29.6 Å². The summed E-state index contributed by atoms with van der Waals surface area (Å²) in [5.41, 5.74) is 0. The summed E-state index contributed by atoms with van der Waals surface area (Å²) in [4.78, 5) is 13.1. The van der Waals surface area contributed by atoms with Crippen molar-refractivity contribution in [3.63, 3.8) is 0 Å². The van der Waals surface area contributed by atoms with Gasteiger partial charge in [0.05, 0.1) is 6.54 Å². The van der Waals surface area contributed by atoms with Gasteiger partial charge in [-0.3, -0.25) is 4.90 Å². The van der Waals surface area contributed by atoms with Crippen molar-refractivity contribution in [2.45, 2.75) is 51.2 Å². The van der Waals surface area contributed by atoms with Gasteiger partial charge in [-0.15, -0.1) is 10.2 Å². The van der Waals surface area contributed by atoms with Gasteiger partial charge >= 0.3 is 0 Å². The number of hydrogen-bond acceptors (Lipinski definition) is 7. The maximum absolute atomic E-state index is 4.44. The number of likely N-dealkylation sites (tertiary alicyclic amines) is 1. The van der Waals surface area contributed by atoms with E-state index in [1.807, 2.05) is 25.1 Å². The largest absolute Gasteiger partial charge is 0.367 e. The number of piperidine rings is 1. The van der Waals surface area contributed by atoms with Gasteiger partial charge < -0.3 is 14.8 Å². The molecule has 0 saturated carbocycles. The quantitative estimate of drug-likeness (QED) is 0.871. The van der Waals surface area contributed by atoms with Crippen LogP contribution < -0.4 is 10.2 Å². The van der Waals surface area contributed by atoms with E-state index in [2.05, 4.69) is 34.9 Å². The monoisotopic (exact) mass is 356 g/mol. The number of nitrogens with zero attached hydrogens (tertiary/aromatic N) is 7. The normalized spacial score (nSPS) is 18.5. The van der Waals surface area contributed by atoms with Crippen molar-refractivity contribution in [2.24, 2.45) is 0 Å². The highest BCUT2D eigenvalue weighted by Crippen LogP contribution is 2.20. The van der Waals surface area contributed by atoms with Crippen LogP contribution in [0.2, 0.25) is 0 Å². The minimum absolute atomic E-state index is 0.462. The van der Waals surface area contributed by atoms with Gasteiger partial charge in [-0.05, 0) is 25.7 Å². The first kappa shape index (κ1) is 17.2. The van der Waals surface area contributed by atoms with Crippen LogP contribution in [-0.2, 0) is 19.5 Å². The molecule has 0 aromatic carbocycles. The molecule has 2 aliphatic heterocycles. The van der Waals surface area contributed by atoms with Gasteiger partial charge in [-0.2, -0.15) is 0 Å². The summed E-state index contributed by atoms with van der Waals surface area (Å²) in [6.45, 7) is 4.15. The van der Waals surface area contributed by atoms with Crippen LogP contribution in [0.15, 0.2) is 12.4 Å². The lowest BCUT2D eigenvalue weighted by molar-refractivity contribution is 0.203. The molecule has 140 valence electrons. The highest BCUT2D eigenvalue weighted by molar-refractivity contribution is 5.47. The molecule has 0 amide bonds. The Morgan fingerprint density at radius 3 is 2.77 bits per heavy atom. The minimum Gasteiger partial charge on any atom is -0.367 e. The third-order valence-corrected chi connectivity index (χ3v) is 5.35. The van der Waals surface area contributed by atoms with E-state index < -0.39 is 0 Å². The second kappa shape index (κ2) is 7.57. The lowest BCUT2D eigenvalue weighted by atomic mass is 10.0. The fourth-order valence-corrected chi connectivity index (χ4v) is 3.80. The fraction of sp³-hybridized carbons (Fsp3) is 0.667. The average Bonchev–Trinajstić information content (AvgIpc) is 3.07. The third kappa shape index (κ3) is 3.80. The zero-order valence-electron chi connectivity index (χ0n) is 15.7. The van der Waals surface area contributed by atoms with E-state index in [4.69, 9.17) is 0 Å². The standard InChI is InChI=1S/C18H28N8/c1-24(2)17-11-15(19-13-20-17)21-14-6-9-25(10-7-14)12-18-23-22-16-5-3-4-8-26(16)18/h11,13-14H,3-10,12H2,1-2H3,(H,19,20,21). The smallest absolute Gasteiger partial charge is 0.147 e. The summed E-state index contributed by atoms with van der Waals surface area (Å²) in [7, 11) is 3.99. The van der Waals surface area contributed by atoms with Crippen molar-refractivity contribution in [2.75, 3.05) is 37.4 Å². The highest BCUT2D eigenvalue weighted by Gasteiger charge is 2.23. The molecule has 0 radical (unpaired) electrons. The zero-order chi connectivity index (χ0) is 17.9. The minimum atomic E-state index is 0.462. The number of hydrogen-bond donors (Lipinski definition) is 1. The lowest BCUT2D eigenvalue weighted by Crippen LogP contribution is -2.39. The highest BCUT2D eigenvalue weighted by atomic mass is 15.3. The summed E-state index contributed by atoms with van der Waals surface area (Å²) in [5, 5.41) is 12.4. The topological polar surface area (TPSA) is 75.0 Å². The van der Waals surface area contributed by atoms with Crippen molar-refractivity contribution in [3.05, 3.63) is 24.0 Å². The van der Waals surface area contributed by atoms with Gasteiger partial charge in [-0.25, -0.2) is 9.97 Å². The molecular weight excluding hydrogens is 328 g/mol. The van der Waals surface area contributed by atoms with E-state index in [1.165, 1.54) is 18.7 Å². The lowest BCUT2D eigenvalue weighted by Gasteiger charge is -2.32. The van der Waals surface area contributed by atoms with Crippen LogP contribution in [0, 0.1) is 0 Å². The summed E-state index contributed by atoms with van der Waals surface area (Å²) >= 11 is 0. The molecular formula is C18H28N8. The predicted octanol–water partition coefficient (Wildman–Crippen LogP) is 1.55. The first-order chi connectivity index (χ1) is 12.7. The third-order valence-electron chi connectivity index (χ3n) is 5.35. The molecule has 0 bridgehead atoms. The van der Waals surface area contributed by atoms with E-state index >= 15 is 0 Å². The molecule has 0 atom stereocenters. The van der Waals surface area contributed by atoms with Crippen molar-refractivity contribution in [1.82, 2.24) is 29.6 Å². The molecule has 1 fully saturated rings. The van der Waals surface area contributed by atoms with E-state index in [0.717, 1.165) is 62.9 Å². The molecule has 2 aromatic heterocycles. The Kier molecular flexibility index (Phi) is 5.01. The Bertz CT molecular complexity index is 733. The van der Waals surface area contributed by atoms with E-state index in [0.29, 0.717) is 6.04 Å². The number of fused-ring (bicyclic) bond motifs is 1. The van der Waals surface area contributed by atoms with Gasteiger partial charge in [0, 0.05) is 52.3 Å². The second-order valence-electron chi connectivity index (χ2n) is 7.49. The summed E-state index contributed by atoms with van der Waals surface area (Å²) in [6, 6.07) is 2.47. The fourth-order valence-electron chi connectivity index (χ4n) is 3.80. The van der Waals surface area contributed by atoms with E-state index in [9.17, 15) is 0 Å². The van der Waals surface area contributed by atoms with Crippen LogP contribution >= 0.6 is 0 Å². The number of rotatable bonds is 5. The SMILES string of the molecule is CN(C)c1cc(NC2CCN(Cc3nnc4n3CCCC4)CC2)ncn1. The Hall–Kier alpha value is -2.22. The molecule has 8 nitrogen and oxygen atoms in total.